The highest BCUT2D eigenvalue weighted by molar-refractivity contribution is 5.30. The summed E-state index contributed by atoms with van der Waals surface area (Å²) in [6, 6.07) is 12.7. The van der Waals surface area contributed by atoms with Crippen LogP contribution in [-0.2, 0) is 6.42 Å². The SMILES string of the molecule is CCCC1CCC2CC(c3ccc(CC4CC4)cc3)CCC2C1.COc1ccc(C)c(F)c1F. The lowest BCUT2D eigenvalue weighted by Gasteiger charge is -2.42. The van der Waals surface area contributed by atoms with E-state index in [9.17, 15) is 8.78 Å². The fraction of sp³-hybridized carbons (Fsp3) is 0.613. The molecule has 1 nitrogen and oxygen atoms in total. The molecule has 0 N–H and O–H groups in total. The van der Waals surface area contributed by atoms with Gasteiger partial charge in [0.15, 0.2) is 11.6 Å². The Kier molecular flexibility index (Phi) is 8.66. The largest absolute Gasteiger partial charge is 0.494 e. The summed E-state index contributed by atoms with van der Waals surface area (Å²) in [6.45, 7) is 3.85. The van der Waals surface area contributed by atoms with E-state index in [0.717, 1.165) is 29.6 Å². The van der Waals surface area contributed by atoms with Crippen LogP contribution in [0.25, 0.3) is 0 Å². The molecule has 3 saturated carbocycles. The molecule has 5 rings (SSSR count). The van der Waals surface area contributed by atoms with Crippen molar-refractivity contribution in [1.29, 1.82) is 0 Å². The van der Waals surface area contributed by atoms with E-state index < -0.39 is 11.6 Å². The van der Waals surface area contributed by atoms with Gasteiger partial charge in [0, 0.05) is 0 Å². The summed E-state index contributed by atoms with van der Waals surface area (Å²) in [5.74, 6) is 3.19. The first-order valence-corrected chi connectivity index (χ1v) is 13.6. The molecule has 186 valence electrons. The van der Waals surface area contributed by atoms with E-state index in [1.54, 1.807) is 17.5 Å². The lowest BCUT2D eigenvalue weighted by molar-refractivity contribution is 0.114. The summed E-state index contributed by atoms with van der Waals surface area (Å²) in [5.41, 5.74) is 3.49. The third-order valence-electron chi connectivity index (χ3n) is 8.55. The lowest BCUT2D eigenvalue weighted by atomic mass is 9.63. The summed E-state index contributed by atoms with van der Waals surface area (Å²) in [6.07, 6.45) is 16.1. The molecule has 0 aliphatic heterocycles. The third kappa shape index (κ3) is 6.40. The van der Waals surface area contributed by atoms with Gasteiger partial charge in [-0.2, -0.15) is 4.39 Å². The van der Waals surface area contributed by atoms with Crippen LogP contribution in [0.5, 0.6) is 5.75 Å². The molecule has 2 aromatic carbocycles. The van der Waals surface area contributed by atoms with Gasteiger partial charge < -0.3 is 4.74 Å². The van der Waals surface area contributed by atoms with Crippen LogP contribution in [0.3, 0.4) is 0 Å². The molecule has 3 fully saturated rings. The quantitative estimate of drug-likeness (QED) is 0.411. The molecule has 0 spiro atoms. The average Bonchev–Trinajstić information content (AvgIpc) is 3.68. The number of ether oxygens (including phenoxy) is 1. The minimum Gasteiger partial charge on any atom is -0.494 e. The molecule has 0 bridgehead atoms. The lowest BCUT2D eigenvalue weighted by Crippen LogP contribution is -2.30. The van der Waals surface area contributed by atoms with Gasteiger partial charge in [-0.15, -0.1) is 0 Å². The predicted molar refractivity (Wildman–Crippen MR) is 136 cm³/mol. The molecule has 0 radical (unpaired) electrons. The van der Waals surface area contributed by atoms with Crippen molar-refractivity contribution in [3.05, 3.63) is 64.7 Å². The molecule has 4 atom stereocenters. The van der Waals surface area contributed by atoms with Crippen LogP contribution in [0.1, 0.15) is 93.7 Å². The first kappa shape index (κ1) is 25.2. The predicted octanol–water partition coefficient (Wildman–Crippen LogP) is 9.02. The summed E-state index contributed by atoms with van der Waals surface area (Å²) in [4.78, 5) is 0. The van der Waals surface area contributed by atoms with Crippen LogP contribution in [-0.4, -0.2) is 7.11 Å². The van der Waals surface area contributed by atoms with Crippen molar-refractivity contribution in [1.82, 2.24) is 0 Å². The number of hydrogen-bond donors (Lipinski definition) is 0. The molecule has 3 heteroatoms. The molecule has 0 saturated heterocycles. The summed E-state index contributed by atoms with van der Waals surface area (Å²) < 4.78 is 30.1. The monoisotopic (exact) mass is 468 g/mol. The van der Waals surface area contributed by atoms with E-state index in [-0.39, 0.29) is 11.3 Å². The number of halogens is 2. The fourth-order valence-corrected chi connectivity index (χ4v) is 6.33. The van der Waals surface area contributed by atoms with Crippen LogP contribution >= 0.6 is 0 Å². The van der Waals surface area contributed by atoms with E-state index in [4.69, 9.17) is 0 Å². The zero-order chi connectivity index (χ0) is 24.1. The van der Waals surface area contributed by atoms with E-state index in [0.29, 0.717) is 0 Å². The Labute approximate surface area is 205 Å². The first-order chi connectivity index (χ1) is 16.5. The Bertz CT molecular complexity index is 918. The Balaban J connectivity index is 0.000000210. The molecule has 0 aromatic heterocycles. The van der Waals surface area contributed by atoms with Gasteiger partial charge in [-0.25, -0.2) is 4.39 Å². The number of methoxy groups -OCH3 is 1. The van der Waals surface area contributed by atoms with Gasteiger partial charge in [0.1, 0.15) is 0 Å². The molecule has 34 heavy (non-hydrogen) atoms. The zero-order valence-electron chi connectivity index (χ0n) is 21.3. The standard InChI is InChI=1S/C23H34.C8H8F2O/c1-2-3-17-8-11-23-16-22(13-12-21(23)15-17)20-9-6-19(7-10-20)14-18-4-5-18;1-5-3-4-6(11-2)8(10)7(5)9/h6-7,9-10,17-18,21-23H,2-5,8,11-16H2,1H3;3-4H,1-2H3. The Morgan fingerprint density at radius 3 is 2.15 bits per heavy atom. The third-order valence-corrected chi connectivity index (χ3v) is 8.55. The molecule has 3 aliphatic carbocycles. The maximum Gasteiger partial charge on any atom is 0.200 e. The van der Waals surface area contributed by atoms with E-state index in [1.165, 1.54) is 90.4 Å². The molecule has 3 aliphatic rings. The molecule has 4 unspecified atom stereocenters. The van der Waals surface area contributed by atoms with Gasteiger partial charge >= 0.3 is 0 Å². The molecular weight excluding hydrogens is 426 g/mol. The Hall–Kier alpha value is -1.90. The Morgan fingerprint density at radius 2 is 1.47 bits per heavy atom. The van der Waals surface area contributed by atoms with Crippen molar-refractivity contribution < 1.29 is 13.5 Å². The van der Waals surface area contributed by atoms with E-state index in [2.05, 4.69) is 35.9 Å². The topological polar surface area (TPSA) is 9.23 Å². The normalized spacial score (nSPS) is 26.3. The number of benzene rings is 2. The van der Waals surface area contributed by atoms with Gasteiger partial charge in [0.05, 0.1) is 7.11 Å². The van der Waals surface area contributed by atoms with Crippen LogP contribution in [0.15, 0.2) is 36.4 Å². The van der Waals surface area contributed by atoms with Crippen LogP contribution in [0, 0.1) is 42.2 Å². The second kappa shape index (κ2) is 11.7. The van der Waals surface area contributed by atoms with Crippen LogP contribution in [0.2, 0.25) is 0 Å². The van der Waals surface area contributed by atoms with Crippen molar-refractivity contribution in [2.24, 2.45) is 23.7 Å². The van der Waals surface area contributed by atoms with Crippen molar-refractivity contribution in [2.45, 2.75) is 90.4 Å². The van der Waals surface area contributed by atoms with Crippen LogP contribution in [0.4, 0.5) is 8.78 Å². The maximum atomic E-state index is 12.8. The van der Waals surface area contributed by atoms with Crippen molar-refractivity contribution >= 4 is 0 Å². The second-order valence-electron chi connectivity index (χ2n) is 11.1. The fourth-order valence-electron chi connectivity index (χ4n) is 6.33. The van der Waals surface area contributed by atoms with Crippen molar-refractivity contribution in [3.63, 3.8) is 0 Å². The van der Waals surface area contributed by atoms with Gasteiger partial charge in [-0.05, 0) is 111 Å². The van der Waals surface area contributed by atoms with Gasteiger partial charge in [0.2, 0.25) is 5.82 Å². The number of rotatable bonds is 6. The van der Waals surface area contributed by atoms with E-state index in [1.807, 2.05) is 0 Å². The zero-order valence-corrected chi connectivity index (χ0v) is 21.3. The van der Waals surface area contributed by atoms with Gasteiger partial charge in [-0.3, -0.25) is 0 Å². The van der Waals surface area contributed by atoms with Crippen molar-refractivity contribution in [3.8, 4) is 5.75 Å². The summed E-state index contributed by atoms with van der Waals surface area (Å²) >= 11 is 0. The number of aryl methyl sites for hydroxylation is 1. The maximum absolute atomic E-state index is 12.8. The Morgan fingerprint density at radius 1 is 0.794 bits per heavy atom. The second-order valence-corrected chi connectivity index (χ2v) is 11.1. The number of fused-ring (bicyclic) bond motifs is 1. The molecular formula is C31H42F2O. The molecule has 2 aromatic rings. The van der Waals surface area contributed by atoms with Gasteiger partial charge in [0.25, 0.3) is 0 Å². The molecule has 0 amide bonds. The number of hydrogen-bond acceptors (Lipinski definition) is 1. The summed E-state index contributed by atoms with van der Waals surface area (Å²) in [5, 5.41) is 0. The smallest absolute Gasteiger partial charge is 0.200 e. The highest BCUT2D eigenvalue weighted by atomic mass is 19.2. The first-order valence-electron chi connectivity index (χ1n) is 13.6. The summed E-state index contributed by atoms with van der Waals surface area (Å²) in [7, 11) is 1.30. The highest BCUT2D eigenvalue weighted by Gasteiger charge is 2.35. The van der Waals surface area contributed by atoms with Crippen molar-refractivity contribution in [2.75, 3.05) is 7.11 Å². The van der Waals surface area contributed by atoms with E-state index >= 15 is 0 Å². The average molecular weight is 469 g/mol. The minimum absolute atomic E-state index is 0.0619. The minimum atomic E-state index is -0.924. The van der Waals surface area contributed by atoms with Gasteiger partial charge in [-0.1, -0.05) is 56.5 Å². The molecule has 0 heterocycles. The highest BCUT2D eigenvalue weighted by Crippen LogP contribution is 2.48. The van der Waals surface area contributed by atoms with Crippen LogP contribution < -0.4 is 4.74 Å².